The van der Waals surface area contributed by atoms with Crippen LogP contribution in [-0.2, 0) is 16.0 Å². The van der Waals surface area contributed by atoms with E-state index >= 15 is 0 Å². The van der Waals surface area contributed by atoms with E-state index in [9.17, 15) is 9.59 Å². The van der Waals surface area contributed by atoms with Crippen molar-refractivity contribution in [2.75, 3.05) is 29.9 Å². The Bertz CT molecular complexity index is 513. The molecule has 0 aliphatic rings. The van der Waals surface area contributed by atoms with E-state index in [0.717, 1.165) is 23.2 Å². The van der Waals surface area contributed by atoms with Crippen LogP contribution >= 0.6 is 11.8 Å². The van der Waals surface area contributed by atoms with Crippen LogP contribution in [0.5, 0.6) is 0 Å². The molecule has 0 aliphatic heterocycles. The van der Waals surface area contributed by atoms with Crippen molar-refractivity contribution < 1.29 is 9.59 Å². The predicted molar refractivity (Wildman–Crippen MR) is 94.4 cm³/mol. The van der Waals surface area contributed by atoms with Crippen molar-refractivity contribution in [2.45, 2.75) is 34.1 Å². The Kier molecular flexibility index (Phi) is 8.02. The number of anilines is 1. The molecule has 5 heteroatoms. The van der Waals surface area contributed by atoms with Crippen LogP contribution in [0.1, 0.15) is 31.9 Å². The fourth-order valence-corrected chi connectivity index (χ4v) is 2.99. The summed E-state index contributed by atoms with van der Waals surface area (Å²) in [6.07, 6.45) is 0.880. The van der Waals surface area contributed by atoms with Crippen molar-refractivity contribution in [2.24, 2.45) is 0 Å². The zero-order valence-corrected chi connectivity index (χ0v) is 14.8. The molecule has 122 valence electrons. The molecule has 0 aromatic heterocycles. The lowest BCUT2D eigenvalue weighted by Crippen LogP contribution is -2.32. The van der Waals surface area contributed by atoms with E-state index in [1.165, 1.54) is 11.8 Å². The maximum absolute atomic E-state index is 12.1. The summed E-state index contributed by atoms with van der Waals surface area (Å²) in [5.74, 6) is 0.683. The summed E-state index contributed by atoms with van der Waals surface area (Å²) in [5.41, 5.74) is 3.11. The second-order valence-electron chi connectivity index (χ2n) is 5.07. The van der Waals surface area contributed by atoms with Crippen LogP contribution in [-0.4, -0.2) is 41.3 Å². The number of benzene rings is 1. The number of para-hydroxylation sites is 1. The number of nitrogens with one attached hydrogen (secondary N) is 1. The first-order valence-corrected chi connectivity index (χ1v) is 8.92. The van der Waals surface area contributed by atoms with Gasteiger partial charge in [0, 0.05) is 18.8 Å². The van der Waals surface area contributed by atoms with Gasteiger partial charge in [0.25, 0.3) is 0 Å². The third kappa shape index (κ3) is 5.37. The molecule has 0 radical (unpaired) electrons. The van der Waals surface area contributed by atoms with Crippen LogP contribution in [0.2, 0.25) is 0 Å². The van der Waals surface area contributed by atoms with Crippen molar-refractivity contribution in [1.82, 2.24) is 4.90 Å². The molecule has 0 bridgehead atoms. The maximum Gasteiger partial charge on any atom is 0.234 e. The van der Waals surface area contributed by atoms with Crippen LogP contribution in [0.4, 0.5) is 5.69 Å². The Balaban J connectivity index is 2.49. The summed E-state index contributed by atoms with van der Waals surface area (Å²) < 4.78 is 0. The highest BCUT2D eigenvalue weighted by Gasteiger charge is 2.12. The predicted octanol–water partition coefficient (Wildman–Crippen LogP) is 3.10. The molecular formula is C17H26N2O2S. The number of nitrogens with zero attached hydrogens (tertiary/aromatic N) is 1. The Morgan fingerprint density at radius 3 is 2.41 bits per heavy atom. The minimum atomic E-state index is -0.0543. The molecule has 1 aromatic carbocycles. The second kappa shape index (κ2) is 9.51. The van der Waals surface area contributed by atoms with Gasteiger partial charge < -0.3 is 10.2 Å². The van der Waals surface area contributed by atoms with Crippen LogP contribution < -0.4 is 5.32 Å². The zero-order chi connectivity index (χ0) is 16.5. The largest absolute Gasteiger partial charge is 0.343 e. The lowest BCUT2D eigenvalue weighted by atomic mass is 10.1. The SMILES string of the molecule is CCc1cccc(C)c1NC(=O)CSCC(=O)N(CC)CC. The van der Waals surface area contributed by atoms with Crippen molar-refractivity contribution in [3.63, 3.8) is 0 Å². The van der Waals surface area contributed by atoms with E-state index in [2.05, 4.69) is 12.2 Å². The number of carbonyl (C=O) groups excluding carboxylic acids is 2. The first-order chi connectivity index (χ1) is 10.5. The first-order valence-electron chi connectivity index (χ1n) is 7.77. The molecule has 0 unspecified atom stereocenters. The summed E-state index contributed by atoms with van der Waals surface area (Å²) >= 11 is 1.36. The summed E-state index contributed by atoms with van der Waals surface area (Å²) in [6, 6.07) is 6.02. The fourth-order valence-electron chi connectivity index (χ4n) is 2.28. The van der Waals surface area contributed by atoms with Gasteiger partial charge in [0.2, 0.25) is 11.8 Å². The number of aryl methyl sites for hydroxylation is 2. The Hall–Kier alpha value is -1.49. The van der Waals surface area contributed by atoms with Gasteiger partial charge >= 0.3 is 0 Å². The minimum absolute atomic E-state index is 0.0543. The highest BCUT2D eigenvalue weighted by Crippen LogP contribution is 2.21. The van der Waals surface area contributed by atoms with Gasteiger partial charge in [0.1, 0.15) is 0 Å². The van der Waals surface area contributed by atoms with E-state index in [0.29, 0.717) is 24.6 Å². The molecule has 0 heterocycles. The van der Waals surface area contributed by atoms with Gasteiger partial charge in [-0.05, 0) is 38.3 Å². The van der Waals surface area contributed by atoms with Crippen molar-refractivity contribution in [3.8, 4) is 0 Å². The molecule has 0 saturated carbocycles. The molecule has 0 aliphatic carbocycles. The van der Waals surface area contributed by atoms with E-state index < -0.39 is 0 Å². The van der Waals surface area contributed by atoms with Gasteiger partial charge in [-0.3, -0.25) is 9.59 Å². The molecule has 0 saturated heterocycles. The molecule has 1 rings (SSSR count). The van der Waals surface area contributed by atoms with Crippen LogP contribution in [0.15, 0.2) is 18.2 Å². The Morgan fingerprint density at radius 2 is 1.82 bits per heavy atom. The van der Waals surface area contributed by atoms with Crippen LogP contribution in [0.3, 0.4) is 0 Å². The first kappa shape index (κ1) is 18.6. The average molecular weight is 322 g/mol. The number of carbonyl (C=O) groups is 2. The standard InChI is InChI=1S/C17H26N2O2S/c1-5-14-10-8-9-13(4)17(14)18-15(20)11-22-12-16(21)19(6-2)7-3/h8-10H,5-7,11-12H2,1-4H3,(H,18,20). The molecule has 0 fully saturated rings. The smallest absolute Gasteiger partial charge is 0.234 e. The Labute approximate surface area is 137 Å². The number of amides is 2. The quantitative estimate of drug-likeness (QED) is 0.800. The summed E-state index contributed by atoms with van der Waals surface area (Å²) in [6.45, 7) is 9.41. The third-order valence-electron chi connectivity index (χ3n) is 3.58. The lowest BCUT2D eigenvalue weighted by Gasteiger charge is -2.18. The van der Waals surface area contributed by atoms with E-state index in [4.69, 9.17) is 0 Å². The van der Waals surface area contributed by atoms with Crippen molar-refractivity contribution in [1.29, 1.82) is 0 Å². The summed E-state index contributed by atoms with van der Waals surface area (Å²) in [4.78, 5) is 25.7. The number of thioether (sulfide) groups is 1. The van der Waals surface area contributed by atoms with Gasteiger partial charge in [-0.15, -0.1) is 11.8 Å². The van der Waals surface area contributed by atoms with Crippen molar-refractivity contribution in [3.05, 3.63) is 29.3 Å². The number of hydrogen-bond acceptors (Lipinski definition) is 3. The molecule has 0 spiro atoms. The van der Waals surface area contributed by atoms with Gasteiger partial charge in [-0.2, -0.15) is 0 Å². The highest BCUT2D eigenvalue weighted by atomic mass is 32.2. The molecule has 2 amide bonds. The maximum atomic E-state index is 12.1. The van der Waals surface area contributed by atoms with Crippen molar-refractivity contribution >= 4 is 29.3 Å². The van der Waals surface area contributed by atoms with Gasteiger partial charge in [0.15, 0.2) is 0 Å². The highest BCUT2D eigenvalue weighted by molar-refractivity contribution is 8.00. The van der Waals surface area contributed by atoms with Gasteiger partial charge in [-0.25, -0.2) is 0 Å². The molecule has 22 heavy (non-hydrogen) atoms. The molecule has 1 aromatic rings. The Morgan fingerprint density at radius 1 is 1.14 bits per heavy atom. The topological polar surface area (TPSA) is 49.4 Å². The minimum Gasteiger partial charge on any atom is -0.343 e. The van der Waals surface area contributed by atoms with Crippen LogP contribution in [0, 0.1) is 6.92 Å². The average Bonchev–Trinajstić information content (AvgIpc) is 2.50. The third-order valence-corrected chi connectivity index (χ3v) is 4.50. The molecule has 1 N–H and O–H groups in total. The van der Waals surface area contributed by atoms with E-state index in [1.807, 2.05) is 39.0 Å². The lowest BCUT2D eigenvalue weighted by molar-refractivity contribution is -0.127. The monoisotopic (exact) mass is 322 g/mol. The van der Waals surface area contributed by atoms with Gasteiger partial charge in [-0.1, -0.05) is 25.1 Å². The molecule has 4 nitrogen and oxygen atoms in total. The van der Waals surface area contributed by atoms with Crippen LogP contribution in [0.25, 0.3) is 0 Å². The number of rotatable bonds is 8. The molecular weight excluding hydrogens is 296 g/mol. The number of hydrogen-bond donors (Lipinski definition) is 1. The van der Waals surface area contributed by atoms with E-state index in [-0.39, 0.29) is 11.8 Å². The normalized spacial score (nSPS) is 10.4. The van der Waals surface area contributed by atoms with Gasteiger partial charge in [0.05, 0.1) is 11.5 Å². The fraction of sp³-hybridized carbons (Fsp3) is 0.529. The zero-order valence-electron chi connectivity index (χ0n) is 13.9. The summed E-state index contributed by atoms with van der Waals surface area (Å²) in [5, 5.41) is 2.98. The second-order valence-corrected chi connectivity index (χ2v) is 6.06. The molecule has 0 atom stereocenters. The summed E-state index contributed by atoms with van der Waals surface area (Å²) in [7, 11) is 0. The van der Waals surface area contributed by atoms with E-state index in [1.54, 1.807) is 4.90 Å².